The smallest absolute Gasteiger partial charge is 0.0182 e. The molecule has 1 heterocycles. The molecule has 2 rings (SSSR count). The second-order valence-electron chi connectivity index (χ2n) is 5.41. The molecule has 82 valence electrons. The molecule has 1 aliphatic carbocycles. The van der Waals surface area contributed by atoms with Crippen molar-refractivity contribution in [3.63, 3.8) is 0 Å². The molecular weight excluding hydrogens is 172 g/mol. The predicted octanol–water partition coefficient (Wildman–Crippen LogP) is 2.13. The first-order chi connectivity index (χ1) is 6.71. The summed E-state index contributed by atoms with van der Waals surface area (Å²) in [6.07, 6.45) is 9.59. The maximum Gasteiger partial charge on any atom is 0.0182 e. The average Bonchev–Trinajstić information content (AvgIpc) is 2.19. The maximum atomic E-state index is 6.05. The molecular formula is C12H24N2. The predicted molar refractivity (Wildman–Crippen MR) is 60.3 cm³/mol. The molecule has 2 aliphatic rings. The van der Waals surface area contributed by atoms with E-state index in [9.17, 15) is 0 Å². The summed E-state index contributed by atoms with van der Waals surface area (Å²) < 4.78 is 0. The molecule has 2 heteroatoms. The Labute approximate surface area is 87.8 Å². The van der Waals surface area contributed by atoms with Gasteiger partial charge in [-0.25, -0.2) is 0 Å². The van der Waals surface area contributed by atoms with Crippen molar-refractivity contribution in [3.8, 4) is 0 Å². The normalized spacial score (nSPS) is 34.3. The van der Waals surface area contributed by atoms with Gasteiger partial charge in [-0.2, -0.15) is 0 Å². The summed E-state index contributed by atoms with van der Waals surface area (Å²) >= 11 is 0. The van der Waals surface area contributed by atoms with Crippen LogP contribution in [0.15, 0.2) is 0 Å². The Morgan fingerprint density at radius 1 is 1.14 bits per heavy atom. The third-order valence-electron chi connectivity index (χ3n) is 4.15. The van der Waals surface area contributed by atoms with E-state index in [1.807, 2.05) is 0 Å². The van der Waals surface area contributed by atoms with Gasteiger partial charge in [0.1, 0.15) is 0 Å². The zero-order valence-electron chi connectivity index (χ0n) is 9.47. The van der Waals surface area contributed by atoms with E-state index >= 15 is 0 Å². The highest BCUT2D eigenvalue weighted by atomic mass is 15.2. The summed E-state index contributed by atoms with van der Waals surface area (Å²) in [5, 5.41) is 0. The Balaban J connectivity index is 1.97. The number of nitrogens with zero attached hydrogens (tertiary/aromatic N) is 1. The van der Waals surface area contributed by atoms with Gasteiger partial charge < -0.3 is 5.73 Å². The van der Waals surface area contributed by atoms with E-state index in [-0.39, 0.29) is 0 Å². The number of likely N-dealkylation sites (tertiary alicyclic amines) is 1. The third kappa shape index (κ3) is 2.12. The quantitative estimate of drug-likeness (QED) is 0.696. The Morgan fingerprint density at radius 2 is 1.86 bits per heavy atom. The van der Waals surface area contributed by atoms with Crippen LogP contribution in [0.25, 0.3) is 0 Å². The van der Waals surface area contributed by atoms with Gasteiger partial charge in [-0.3, -0.25) is 4.90 Å². The van der Waals surface area contributed by atoms with Gasteiger partial charge in [0.2, 0.25) is 0 Å². The minimum absolute atomic E-state index is 0.433. The first-order valence-corrected chi connectivity index (χ1v) is 6.21. The second kappa shape index (κ2) is 4.19. The molecule has 0 spiro atoms. The van der Waals surface area contributed by atoms with Crippen molar-refractivity contribution in [2.24, 2.45) is 5.73 Å². The number of piperidine rings is 1. The van der Waals surface area contributed by atoms with Gasteiger partial charge >= 0.3 is 0 Å². The van der Waals surface area contributed by atoms with Crippen molar-refractivity contribution >= 4 is 0 Å². The molecule has 0 radical (unpaired) electrons. The molecule has 1 unspecified atom stereocenters. The summed E-state index contributed by atoms with van der Waals surface area (Å²) in [4.78, 5) is 2.67. The molecule has 1 saturated heterocycles. The second-order valence-corrected chi connectivity index (χ2v) is 5.41. The lowest BCUT2D eigenvalue weighted by atomic mass is 9.80. The molecule has 0 aromatic carbocycles. The highest BCUT2D eigenvalue weighted by Crippen LogP contribution is 2.34. The van der Waals surface area contributed by atoms with Crippen LogP contribution >= 0.6 is 0 Å². The van der Waals surface area contributed by atoms with Gasteiger partial charge in [0, 0.05) is 18.1 Å². The van der Waals surface area contributed by atoms with E-state index in [4.69, 9.17) is 5.73 Å². The lowest BCUT2D eigenvalue weighted by molar-refractivity contribution is 0.0417. The van der Waals surface area contributed by atoms with E-state index in [2.05, 4.69) is 11.8 Å². The summed E-state index contributed by atoms with van der Waals surface area (Å²) in [6, 6.07) is 0.433. The maximum absolute atomic E-state index is 6.05. The van der Waals surface area contributed by atoms with E-state index in [1.165, 1.54) is 51.5 Å². The Bertz CT molecular complexity index is 185. The Hall–Kier alpha value is -0.0800. The fourth-order valence-electron chi connectivity index (χ4n) is 3.13. The van der Waals surface area contributed by atoms with Gasteiger partial charge in [0.15, 0.2) is 0 Å². The van der Waals surface area contributed by atoms with Gasteiger partial charge in [0.05, 0.1) is 0 Å². The first-order valence-electron chi connectivity index (χ1n) is 6.21. The molecule has 2 N–H and O–H groups in total. The molecule has 0 aromatic rings. The summed E-state index contributed by atoms with van der Waals surface area (Å²) in [5.41, 5.74) is 6.53. The van der Waals surface area contributed by atoms with Crippen molar-refractivity contribution in [1.29, 1.82) is 0 Å². The van der Waals surface area contributed by atoms with Crippen LogP contribution in [-0.2, 0) is 0 Å². The zero-order chi connectivity index (χ0) is 10.0. The van der Waals surface area contributed by atoms with Crippen molar-refractivity contribution in [1.82, 2.24) is 4.90 Å². The van der Waals surface area contributed by atoms with Crippen molar-refractivity contribution in [2.75, 3.05) is 13.1 Å². The molecule has 1 saturated carbocycles. The fourth-order valence-corrected chi connectivity index (χ4v) is 3.13. The van der Waals surface area contributed by atoms with Gasteiger partial charge in [-0.05, 0) is 39.2 Å². The van der Waals surface area contributed by atoms with E-state index < -0.39 is 0 Å². The number of rotatable bonds is 1. The van der Waals surface area contributed by atoms with Crippen molar-refractivity contribution in [3.05, 3.63) is 0 Å². The van der Waals surface area contributed by atoms with Crippen LogP contribution < -0.4 is 5.73 Å². The van der Waals surface area contributed by atoms with Crippen LogP contribution in [-0.4, -0.2) is 29.6 Å². The van der Waals surface area contributed by atoms with Crippen molar-refractivity contribution in [2.45, 2.75) is 63.5 Å². The van der Waals surface area contributed by atoms with Crippen LogP contribution in [0, 0.1) is 0 Å². The topological polar surface area (TPSA) is 29.3 Å². The number of nitrogens with two attached hydrogens (primary N) is 1. The molecule has 1 aliphatic heterocycles. The molecule has 0 amide bonds. The lowest BCUT2D eigenvalue weighted by Crippen LogP contribution is -2.54. The third-order valence-corrected chi connectivity index (χ3v) is 4.15. The zero-order valence-corrected chi connectivity index (χ0v) is 9.47. The van der Waals surface area contributed by atoms with Crippen LogP contribution in [0.4, 0.5) is 0 Å². The number of hydrogen-bond acceptors (Lipinski definition) is 2. The highest BCUT2D eigenvalue weighted by Gasteiger charge is 2.35. The molecule has 0 aromatic heterocycles. The van der Waals surface area contributed by atoms with Gasteiger partial charge in [-0.1, -0.05) is 19.3 Å². The largest absolute Gasteiger partial charge is 0.327 e. The lowest BCUT2D eigenvalue weighted by Gasteiger charge is -2.47. The van der Waals surface area contributed by atoms with E-state index in [0.29, 0.717) is 11.6 Å². The SMILES string of the molecule is CC1(N2CCCC(N)C2)CCCCC1. The molecule has 2 nitrogen and oxygen atoms in total. The van der Waals surface area contributed by atoms with E-state index in [1.54, 1.807) is 0 Å². The van der Waals surface area contributed by atoms with Crippen LogP contribution in [0.3, 0.4) is 0 Å². The highest BCUT2D eigenvalue weighted by molar-refractivity contribution is 4.92. The standard InChI is InChI=1S/C12H24N2/c1-12(7-3-2-4-8-12)14-9-5-6-11(13)10-14/h11H,2-10,13H2,1H3. The van der Waals surface area contributed by atoms with E-state index in [0.717, 1.165) is 6.54 Å². The first kappa shape index (κ1) is 10.4. The van der Waals surface area contributed by atoms with Crippen LogP contribution in [0.5, 0.6) is 0 Å². The average molecular weight is 196 g/mol. The summed E-state index contributed by atoms with van der Waals surface area (Å²) in [5.74, 6) is 0. The Kier molecular flexibility index (Phi) is 3.13. The molecule has 0 bridgehead atoms. The number of hydrogen-bond donors (Lipinski definition) is 1. The summed E-state index contributed by atoms with van der Waals surface area (Å²) in [6.45, 7) is 4.87. The fraction of sp³-hybridized carbons (Fsp3) is 1.00. The minimum Gasteiger partial charge on any atom is -0.327 e. The Morgan fingerprint density at radius 3 is 2.50 bits per heavy atom. The monoisotopic (exact) mass is 196 g/mol. The molecule has 2 fully saturated rings. The van der Waals surface area contributed by atoms with Gasteiger partial charge in [0.25, 0.3) is 0 Å². The molecule has 14 heavy (non-hydrogen) atoms. The van der Waals surface area contributed by atoms with Crippen LogP contribution in [0.1, 0.15) is 51.9 Å². The van der Waals surface area contributed by atoms with Gasteiger partial charge in [-0.15, -0.1) is 0 Å². The summed E-state index contributed by atoms with van der Waals surface area (Å²) in [7, 11) is 0. The van der Waals surface area contributed by atoms with Crippen molar-refractivity contribution < 1.29 is 0 Å². The molecule has 1 atom stereocenters. The minimum atomic E-state index is 0.433. The van der Waals surface area contributed by atoms with Crippen LogP contribution in [0.2, 0.25) is 0 Å².